The lowest BCUT2D eigenvalue weighted by Gasteiger charge is -2.63. The largest absolute Gasteiger partial charge is 0.433 e. The molecular weight excluding hydrogens is 1580 g/mol. The monoisotopic (exact) mass is 1700 g/mol. The van der Waals surface area contributed by atoms with E-state index in [4.69, 9.17) is 44.2 Å². The normalized spacial score (nSPS) is 28.2. The number of hydrogen-bond acceptors (Lipinski definition) is 15. The summed E-state index contributed by atoms with van der Waals surface area (Å²) in [5.74, 6) is 12.3. The van der Waals surface area contributed by atoms with Crippen LogP contribution in [0, 0.1) is 69.1 Å². The van der Waals surface area contributed by atoms with E-state index in [2.05, 4.69) is 303 Å². The number of anilines is 5. The summed E-state index contributed by atoms with van der Waals surface area (Å²) in [6.45, 7) is 46.5. The van der Waals surface area contributed by atoms with Crippen molar-refractivity contribution in [3.8, 4) is 0 Å². The molecule has 6 saturated carbocycles. The first-order valence-corrected chi connectivity index (χ1v) is 47.8. The van der Waals surface area contributed by atoms with Crippen molar-refractivity contribution >= 4 is 84.3 Å². The highest BCUT2D eigenvalue weighted by molar-refractivity contribution is 5.90. The van der Waals surface area contributed by atoms with Crippen LogP contribution < -0.4 is 24.5 Å². The van der Waals surface area contributed by atoms with Crippen LogP contribution in [0.4, 0.5) is 28.4 Å². The van der Waals surface area contributed by atoms with Crippen LogP contribution in [0.5, 0.6) is 0 Å². The smallest absolute Gasteiger partial charge is 0.297 e. The Morgan fingerprint density at radius 2 is 0.567 bits per heavy atom. The molecule has 6 aliphatic carbocycles. The lowest BCUT2D eigenvalue weighted by Crippen LogP contribution is -2.62. The van der Waals surface area contributed by atoms with Crippen LogP contribution in [0.3, 0.4) is 0 Å². The van der Waals surface area contributed by atoms with Gasteiger partial charge in [0.15, 0.2) is 0 Å². The minimum absolute atomic E-state index is 0.00820. The zero-order valence-corrected chi connectivity index (χ0v) is 78.1. The Kier molecular flexibility index (Phi) is 17.6. The third-order valence-corrected chi connectivity index (χ3v) is 36.6. The minimum Gasteiger partial charge on any atom is -0.433 e. The molecule has 6 fully saturated rings. The zero-order chi connectivity index (χ0) is 87.8. The van der Waals surface area contributed by atoms with Gasteiger partial charge in [-0.05, 0) is 263 Å². The molecule has 4 bridgehead atoms. The van der Waals surface area contributed by atoms with E-state index in [0.717, 1.165) is 69.0 Å². The Balaban J connectivity index is 0.0000000912. The predicted molar refractivity (Wildman–Crippen MR) is 505 cm³/mol. The number of rotatable bonds is 3. The van der Waals surface area contributed by atoms with Gasteiger partial charge in [-0.25, -0.2) is 0 Å². The maximum atomic E-state index is 6.38. The van der Waals surface area contributed by atoms with E-state index >= 15 is 0 Å². The van der Waals surface area contributed by atoms with Gasteiger partial charge in [0.1, 0.15) is 28.8 Å². The van der Waals surface area contributed by atoms with E-state index in [1.165, 1.54) is 201 Å². The van der Waals surface area contributed by atoms with Crippen molar-refractivity contribution < 1.29 is 44.2 Å². The second-order valence-electron chi connectivity index (χ2n) is 43.0. The average molecular weight is 1700 g/mol. The van der Waals surface area contributed by atoms with Gasteiger partial charge in [-0.1, -0.05) is 178 Å². The lowest BCUT2D eigenvalue weighted by molar-refractivity contribution is -0.0596. The van der Waals surface area contributed by atoms with Crippen LogP contribution in [0.15, 0.2) is 215 Å². The number of fused-ring (bicyclic) bond motifs is 25. The standard InChI is InChI=1S/C25H27NO2.2C23H27NO2.C21H23NO2.C20H21NO2/c1-14-5-3-4-6-21(14)26-15(2)23-22(20-7-8-27-24(20)28-23)25(26)18-10-16-9-17(12-18)13-19(25)11-16;2*1-13-9-8-10-16-18(13)24-14(2)19-17(15-11-12-25-20(15)26-19)23(24,7)22(5,6)21(16,3)4;1-14-8-4-5-9-17(14)22-15(2)19-18(16-10-13-23-20(16)24-19)21(22)11-6-3-7-12-21;1-13-7-3-4-8-16(13)21-14(2)18-17(20(21)10-5-6-11-20)15-9-12-22-19(15)23-18/h3-8,15-19H,9-13H2,1-2H3;2*8-12,14H,1-7H3;4-5,8-10,13,15H,3,6-7,11-12H2,1-2H3;3-4,7-9,12,14H,5-6,10-11H2,1-2H3. The van der Waals surface area contributed by atoms with Crippen molar-refractivity contribution in [3.05, 3.63) is 266 Å². The fourth-order valence-electron chi connectivity index (χ4n) is 29.6. The van der Waals surface area contributed by atoms with Crippen molar-refractivity contribution in [2.24, 2.45) is 34.5 Å². The Morgan fingerprint density at radius 3 is 0.921 bits per heavy atom. The molecule has 7 unspecified atom stereocenters. The SMILES string of the molecule is Cc1cccc2c1N1C(C)c3oc4occc4c3C1(C)C(C)(C)C2(C)C.Cc1cccc2c1N1C(C)c3oc4occc4c3C1(C)C(C)(C)C2(C)C.Cc1ccccc1N1C(C)c2oc3occc3c2C12C1CC3CC(C1)CC2C3.Cc1ccccc1N1C(C)c2oc3occc3c2C12CCCC2.Cc1ccccc1N1C(C)c2oc3occc3c2C12CCCCC2. The number of furan rings is 10. The molecule has 0 radical (unpaired) electrons. The van der Waals surface area contributed by atoms with Gasteiger partial charge in [-0.3, -0.25) is 0 Å². The van der Waals surface area contributed by atoms with E-state index in [-0.39, 0.29) is 79.6 Å². The summed E-state index contributed by atoms with van der Waals surface area (Å²) < 4.78 is 59.2. The third-order valence-electron chi connectivity index (χ3n) is 36.6. The Morgan fingerprint density at radius 1 is 0.283 bits per heavy atom. The summed E-state index contributed by atoms with van der Waals surface area (Å²) in [6, 6.07) is 51.4. The molecule has 0 N–H and O–H groups in total. The Hall–Kier alpha value is -10.8. The fourth-order valence-corrected chi connectivity index (χ4v) is 29.6. The summed E-state index contributed by atoms with van der Waals surface area (Å²) >= 11 is 0. The molecule has 28 rings (SSSR count). The van der Waals surface area contributed by atoms with Crippen molar-refractivity contribution in [3.63, 3.8) is 0 Å². The molecule has 5 aromatic carbocycles. The maximum absolute atomic E-state index is 6.38. The third kappa shape index (κ3) is 10.3. The van der Waals surface area contributed by atoms with E-state index in [1.54, 1.807) is 31.3 Å². The second kappa shape index (κ2) is 27.6. The molecule has 0 saturated heterocycles. The van der Waals surface area contributed by atoms with E-state index in [0.29, 0.717) is 23.1 Å². The van der Waals surface area contributed by atoms with Crippen LogP contribution >= 0.6 is 0 Å². The van der Waals surface area contributed by atoms with Crippen LogP contribution in [0.25, 0.3) is 55.8 Å². The van der Waals surface area contributed by atoms with Gasteiger partial charge < -0.3 is 68.7 Å². The number of benzene rings is 5. The van der Waals surface area contributed by atoms with Crippen molar-refractivity contribution in [1.82, 2.24) is 0 Å². The van der Waals surface area contributed by atoms with Crippen molar-refractivity contribution in [2.45, 2.75) is 297 Å². The molecule has 15 nitrogen and oxygen atoms in total. The first-order chi connectivity index (χ1) is 60.9. The highest BCUT2D eigenvalue weighted by atomic mass is 16.5. The van der Waals surface area contributed by atoms with E-state index < -0.39 is 0 Å². The van der Waals surface area contributed by atoms with Crippen LogP contribution in [-0.2, 0) is 38.5 Å². The quantitative estimate of drug-likeness (QED) is 0.165. The van der Waals surface area contributed by atoms with Gasteiger partial charge in [0.2, 0.25) is 0 Å². The Labute approximate surface area is 746 Å². The first kappa shape index (κ1) is 80.7. The number of para-hydroxylation sites is 5. The van der Waals surface area contributed by atoms with Crippen LogP contribution in [0.1, 0.15) is 320 Å². The molecule has 10 aromatic heterocycles. The van der Waals surface area contributed by atoms with E-state index in [9.17, 15) is 0 Å². The molecule has 658 valence electrons. The van der Waals surface area contributed by atoms with Gasteiger partial charge in [0.25, 0.3) is 28.9 Å². The van der Waals surface area contributed by atoms with Gasteiger partial charge >= 0.3 is 0 Å². The number of nitrogens with zero attached hydrogens (tertiary/aromatic N) is 5. The molecule has 13 aliphatic rings. The maximum Gasteiger partial charge on any atom is 0.297 e. The summed E-state index contributed by atoms with van der Waals surface area (Å²) in [7, 11) is 0. The highest BCUT2D eigenvalue weighted by Crippen LogP contribution is 2.74. The number of hydrogen-bond donors (Lipinski definition) is 0. The molecule has 7 aliphatic heterocycles. The van der Waals surface area contributed by atoms with Crippen LogP contribution in [0.2, 0.25) is 0 Å². The summed E-state index contributed by atoms with van der Waals surface area (Å²) in [4.78, 5) is 13.3. The molecular formula is C112H125N5O10. The highest BCUT2D eigenvalue weighted by Gasteiger charge is 2.70. The average Bonchev–Trinajstić information content (AvgIpc) is 1.52. The van der Waals surface area contributed by atoms with Gasteiger partial charge in [-0.2, -0.15) is 0 Å². The fraction of sp³-hybridized carbons (Fsp3) is 0.464. The summed E-state index contributed by atoms with van der Waals surface area (Å²) in [5.41, 5.74) is 23.0. The first-order valence-electron chi connectivity index (χ1n) is 47.8. The summed E-state index contributed by atoms with van der Waals surface area (Å²) in [6.07, 6.45) is 27.0. The zero-order valence-electron chi connectivity index (χ0n) is 78.1. The lowest BCUT2D eigenvalue weighted by atomic mass is 9.47. The molecule has 15 aromatic rings. The molecule has 17 heterocycles. The molecule has 3 spiro atoms. The second-order valence-corrected chi connectivity index (χ2v) is 43.0. The van der Waals surface area contributed by atoms with Gasteiger partial charge in [0, 0.05) is 67.1 Å². The van der Waals surface area contributed by atoms with E-state index in [1.807, 2.05) is 0 Å². The van der Waals surface area contributed by atoms with Crippen molar-refractivity contribution in [2.75, 3.05) is 24.5 Å². The topological polar surface area (TPSA) is 148 Å². The van der Waals surface area contributed by atoms with Gasteiger partial charge in [-0.15, -0.1) is 0 Å². The Bertz CT molecular complexity index is 6660. The predicted octanol–water partition coefficient (Wildman–Crippen LogP) is 31.2. The molecule has 127 heavy (non-hydrogen) atoms. The van der Waals surface area contributed by atoms with Crippen LogP contribution in [-0.4, -0.2) is 0 Å². The van der Waals surface area contributed by atoms with Gasteiger partial charge in [0.05, 0.1) is 116 Å². The molecule has 0 amide bonds. The minimum atomic E-state index is -0.181. The number of aryl methyl sites for hydroxylation is 5. The molecule has 15 heteroatoms. The molecule has 7 atom stereocenters. The summed E-state index contributed by atoms with van der Waals surface area (Å²) in [5, 5.41) is 5.82. The van der Waals surface area contributed by atoms with Crippen molar-refractivity contribution in [1.29, 1.82) is 0 Å².